The summed E-state index contributed by atoms with van der Waals surface area (Å²) in [7, 11) is -0.392. The second kappa shape index (κ2) is 7.05. The lowest BCUT2D eigenvalue weighted by Gasteiger charge is -2.37. The maximum Gasteiger partial charge on any atom is 0.224 e. The highest BCUT2D eigenvalue weighted by atomic mass is 32.2. The van der Waals surface area contributed by atoms with Crippen molar-refractivity contribution >= 4 is 15.9 Å². The second-order valence-electron chi connectivity index (χ2n) is 6.53. The first kappa shape index (κ1) is 18.0. The molecule has 1 aliphatic rings. The normalized spacial score (nSPS) is 22.6. The molecule has 0 spiro atoms. The molecule has 2 heterocycles. The fraction of sp³-hybridized carbons (Fsp3) is 0.688. The van der Waals surface area contributed by atoms with Gasteiger partial charge in [0.15, 0.2) is 0 Å². The minimum atomic E-state index is -3.36. The molecule has 1 saturated heterocycles. The molecule has 7 heteroatoms. The predicted molar refractivity (Wildman–Crippen MR) is 88.4 cm³/mol. The average Bonchev–Trinajstić information content (AvgIpc) is 2.91. The number of rotatable bonds is 5. The molecule has 0 aliphatic carbocycles. The van der Waals surface area contributed by atoms with Gasteiger partial charge in [-0.2, -0.15) is 0 Å². The molecular formula is C16H26N2O4S. The number of amides is 1. The highest BCUT2D eigenvalue weighted by Gasteiger charge is 2.33. The molecule has 2 atom stereocenters. The van der Waals surface area contributed by atoms with E-state index in [9.17, 15) is 13.2 Å². The van der Waals surface area contributed by atoms with Gasteiger partial charge < -0.3 is 9.32 Å². The Morgan fingerprint density at radius 1 is 1.39 bits per heavy atom. The summed E-state index contributed by atoms with van der Waals surface area (Å²) in [4.78, 5) is 14.3. The van der Waals surface area contributed by atoms with E-state index in [1.165, 1.54) is 14.1 Å². The SMILES string of the molecule is Cc1ccc([C@@H]2C[C@H](C)CCN2C(=O)CCS(=O)(=O)N(C)C)o1. The maximum atomic E-state index is 12.6. The number of carbonyl (C=O) groups excluding carboxylic acids is 1. The van der Waals surface area contributed by atoms with Crippen LogP contribution in [0.25, 0.3) is 0 Å². The molecule has 0 N–H and O–H groups in total. The van der Waals surface area contributed by atoms with Crippen molar-refractivity contribution in [1.82, 2.24) is 9.21 Å². The molecule has 1 amide bonds. The fourth-order valence-electron chi connectivity index (χ4n) is 2.88. The number of piperidine rings is 1. The zero-order valence-corrected chi connectivity index (χ0v) is 15.1. The Balaban J connectivity index is 2.10. The summed E-state index contributed by atoms with van der Waals surface area (Å²) in [6.45, 7) is 4.69. The first-order valence-corrected chi connectivity index (χ1v) is 9.57. The van der Waals surface area contributed by atoms with Gasteiger partial charge >= 0.3 is 0 Å². The number of likely N-dealkylation sites (tertiary alicyclic amines) is 1. The number of furan rings is 1. The van der Waals surface area contributed by atoms with Gasteiger partial charge in [0, 0.05) is 27.1 Å². The van der Waals surface area contributed by atoms with Gasteiger partial charge in [-0.15, -0.1) is 0 Å². The Morgan fingerprint density at radius 3 is 2.65 bits per heavy atom. The van der Waals surface area contributed by atoms with Gasteiger partial charge in [0.1, 0.15) is 11.5 Å². The molecule has 6 nitrogen and oxygen atoms in total. The van der Waals surface area contributed by atoms with Crippen LogP contribution in [0.5, 0.6) is 0 Å². The number of carbonyl (C=O) groups is 1. The van der Waals surface area contributed by atoms with Gasteiger partial charge in [-0.25, -0.2) is 12.7 Å². The number of sulfonamides is 1. The highest BCUT2D eigenvalue weighted by Crippen LogP contribution is 2.35. The molecule has 1 aromatic heterocycles. The summed E-state index contributed by atoms with van der Waals surface area (Å²) in [6.07, 6.45) is 1.78. The average molecular weight is 342 g/mol. The van der Waals surface area contributed by atoms with Crippen molar-refractivity contribution in [2.45, 2.75) is 39.2 Å². The largest absolute Gasteiger partial charge is 0.464 e. The molecule has 0 saturated carbocycles. The molecule has 130 valence electrons. The molecule has 2 rings (SSSR count). The quantitative estimate of drug-likeness (QED) is 0.822. The van der Waals surface area contributed by atoms with Crippen LogP contribution in [0.3, 0.4) is 0 Å². The molecular weight excluding hydrogens is 316 g/mol. The number of hydrogen-bond donors (Lipinski definition) is 0. The third-order valence-corrected chi connectivity index (χ3v) is 6.24. The molecule has 0 unspecified atom stereocenters. The number of aryl methyl sites for hydroxylation is 1. The number of hydrogen-bond acceptors (Lipinski definition) is 4. The Morgan fingerprint density at radius 2 is 2.09 bits per heavy atom. The van der Waals surface area contributed by atoms with E-state index in [2.05, 4.69) is 6.92 Å². The third kappa shape index (κ3) is 4.35. The lowest BCUT2D eigenvalue weighted by atomic mass is 9.91. The standard InChI is InChI=1S/C16H26N2O4S/c1-12-7-9-18(14(11-12)15-6-5-13(2)22-15)16(19)8-10-23(20,21)17(3)4/h5-6,12,14H,7-11H2,1-4H3/t12-,14+/m1/s1. The maximum absolute atomic E-state index is 12.6. The van der Waals surface area contributed by atoms with Crippen LogP contribution < -0.4 is 0 Å². The van der Waals surface area contributed by atoms with Gasteiger partial charge in [0.25, 0.3) is 0 Å². The summed E-state index contributed by atoms with van der Waals surface area (Å²) in [5.41, 5.74) is 0. The van der Waals surface area contributed by atoms with E-state index < -0.39 is 10.0 Å². The van der Waals surface area contributed by atoms with Crippen molar-refractivity contribution in [3.8, 4) is 0 Å². The van der Waals surface area contributed by atoms with Crippen molar-refractivity contribution in [3.63, 3.8) is 0 Å². The van der Waals surface area contributed by atoms with Crippen LogP contribution in [0, 0.1) is 12.8 Å². The molecule has 1 aliphatic heterocycles. The topological polar surface area (TPSA) is 70.8 Å². The van der Waals surface area contributed by atoms with Gasteiger partial charge in [0.05, 0.1) is 11.8 Å². The molecule has 23 heavy (non-hydrogen) atoms. The Bertz CT molecular complexity index is 651. The molecule has 0 aromatic carbocycles. The van der Waals surface area contributed by atoms with Gasteiger partial charge in [-0.05, 0) is 37.8 Å². The van der Waals surface area contributed by atoms with Crippen molar-refractivity contribution in [2.24, 2.45) is 5.92 Å². The first-order chi connectivity index (χ1) is 10.7. The zero-order valence-electron chi connectivity index (χ0n) is 14.3. The van der Waals surface area contributed by atoms with E-state index in [0.717, 1.165) is 28.7 Å². The second-order valence-corrected chi connectivity index (χ2v) is 8.83. The smallest absolute Gasteiger partial charge is 0.224 e. The first-order valence-electron chi connectivity index (χ1n) is 7.96. The lowest BCUT2D eigenvalue weighted by Crippen LogP contribution is -2.41. The van der Waals surface area contributed by atoms with Crippen LogP contribution in [0.1, 0.15) is 43.7 Å². The van der Waals surface area contributed by atoms with Gasteiger partial charge in [0.2, 0.25) is 15.9 Å². The van der Waals surface area contributed by atoms with Gasteiger partial charge in [-0.3, -0.25) is 4.79 Å². The molecule has 1 fully saturated rings. The number of nitrogens with zero attached hydrogens (tertiary/aromatic N) is 2. The lowest BCUT2D eigenvalue weighted by molar-refractivity contribution is -0.135. The summed E-state index contributed by atoms with van der Waals surface area (Å²) in [6, 6.07) is 3.71. The highest BCUT2D eigenvalue weighted by molar-refractivity contribution is 7.89. The third-order valence-electron chi connectivity index (χ3n) is 4.40. The minimum absolute atomic E-state index is 0.00504. The monoisotopic (exact) mass is 342 g/mol. The Kier molecular flexibility index (Phi) is 5.52. The van der Waals surface area contributed by atoms with Crippen molar-refractivity contribution in [3.05, 3.63) is 23.7 Å². The van der Waals surface area contributed by atoms with E-state index in [1.54, 1.807) is 4.90 Å². The van der Waals surface area contributed by atoms with E-state index in [0.29, 0.717) is 12.5 Å². The van der Waals surface area contributed by atoms with Gasteiger partial charge in [-0.1, -0.05) is 6.92 Å². The van der Waals surface area contributed by atoms with Crippen LogP contribution in [-0.4, -0.2) is 49.9 Å². The van der Waals surface area contributed by atoms with Crippen LogP contribution in [0.4, 0.5) is 0 Å². The molecule has 0 bridgehead atoms. The van der Waals surface area contributed by atoms with Crippen LogP contribution in [0.2, 0.25) is 0 Å². The molecule has 1 aromatic rings. The minimum Gasteiger partial charge on any atom is -0.464 e. The zero-order chi connectivity index (χ0) is 17.2. The van der Waals surface area contributed by atoms with E-state index in [4.69, 9.17) is 4.42 Å². The van der Waals surface area contributed by atoms with Crippen molar-refractivity contribution in [2.75, 3.05) is 26.4 Å². The van der Waals surface area contributed by atoms with Crippen molar-refractivity contribution < 1.29 is 17.6 Å². The van der Waals surface area contributed by atoms with E-state index >= 15 is 0 Å². The van der Waals surface area contributed by atoms with E-state index in [1.807, 2.05) is 19.1 Å². The summed E-state index contributed by atoms with van der Waals surface area (Å²) in [5, 5.41) is 0. The van der Waals surface area contributed by atoms with Crippen molar-refractivity contribution in [1.29, 1.82) is 0 Å². The Labute approximate surface area is 138 Å². The molecule has 0 radical (unpaired) electrons. The summed E-state index contributed by atoms with van der Waals surface area (Å²) < 4.78 is 30.6. The summed E-state index contributed by atoms with van der Waals surface area (Å²) in [5.74, 6) is 1.84. The fourth-order valence-corrected chi connectivity index (χ4v) is 3.68. The van der Waals surface area contributed by atoms with Crippen LogP contribution in [0.15, 0.2) is 16.5 Å². The van der Waals surface area contributed by atoms with E-state index in [-0.39, 0.29) is 24.1 Å². The summed E-state index contributed by atoms with van der Waals surface area (Å²) >= 11 is 0. The predicted octanol–water partition coefficient (Wildman–Crippen LogP) is 2.17. The Hall–Kier alpha value is -1.34. The van der Waals surface area contributed by atoms with Crippen LogP contribution in [-0.2, 0) is 14.8 Å². The van der Waals surface area contributed by atoms with Crippen LogP contribution >= 0.6 is 0 Å².